The van der Waals surface area contributed by atoms with Crippen LogP contribution in [0.4, 0.5) is 0 Å². The van der Waals surface area contributed by atoms with Crippen molar-refractivity contribution >= 4 is 0 Å². The Bertz CT molecular complexity index is 477. The number of nitrogens with zero attached hydrogens (tertiary/aromatic N) is 4. The van der Waals surface area contributed by atoms with E-state index in [1.807, 2.05) is 19.1 Å². The Morgan fingerprint density at radius 1 is 1.53 bits per heavy atom. The molecule has 0 aliphatic heterocycles. The number of hydrogen-bond donors (Lipinski definition) is 2. The van der Waals surface area contributed by atoms with Gasteiger partial charge in [0.1, 0.15) is 11.5 Å². The number of aryl methyl sites for hydroxylation is 2. The molecule has 0 saturated heterocycles. The Kier molecular flexibility index (Phi) is 3.50. The van der Waals surface area contributed by atoms with Crippen LogP contribution in [0.5, 0.6) is 0 Å². The van der Waals surface area contributed by atoms with Gasteiger partial charge in [-0.1, -0.05) is 6.92 Å². The summed E-state index contributed by atoms with van der Waals surface area (Å²) in [6.07, 6.45) is 1.40. The molecule has 17 heavy (non-hydrogen) atoms. The van der Waals surface area contributed by atoms with Gasteiger partial charge in [-0.05, 0) is 17.3 Å². The number of tetrazole rings is 1. The fourth-order valence-corrected chi connectivity index (χ4v) is 1.60. The molecule has 2 aromatic rings. The smallest absolute Gasteiger partial charge is 0.176 e. The molecule has 0 aliphatic rings. The van der Waals surface area contributed by atoms with E-state index in [0.29, 0.717) is 12.2 Å². The van der Waals surface area contributed by atoms with Crippen molar-refractivity contribution in [3.05, 3.63) is 29.5 Å². The zero-order valence-electron chi connectivity index (χ0n) is 9.92. The number of hydrazine groups is 1. The zero-order valence-corrected chi connectivity index (χ0v) is 9.92. The van der Waals surface area contributed by atoms with Crippen LogP contribution < -0.4 is 11.3 Å². The maximum absolute atomic E-state index is 5.64. The molecule has 0 aliphatic carbocycles. The van der Waals surface area contributed by atoms with Gasteiger partial charge in [0.05, 0.1) is 13.1 Å². The minimum Gasteiger partial charge on any atom is -0.464 e. The molecule has 0 spiro atoms. The standard InChI is InChI=1S/C10H16N6O/c1-3-7-4-5-9(17-7)8(12-11)6-10-13-15-16(2)14-10/h4-5,8,12H,3,6,11H2,1-2H3. The quantitative estimate of drug-likeness (QED) is 0.565. The molecule has 0 aromatic carbocycles. The summed E-state index contributed by atoms with van der Waals surface area (Å²) in [4.78, 5) is 1.42. The van der Waals surface area contributed by atoms with Crippen molar-refractivity contribution in [3.8, 4) is 0 Å². The van der Waals surface area contributed by atoms with Gasteiger partial charge >= 0.3 is 0 Å². The summed E-state index contributed by atoms with van der Waals surface area (Å²) < 4.78 is 5.64. The van der Waals surface area contributed by atoms with Gasteiger partial charge in [0.2, 0.25) is 0 Å². The van der Waals surface area contributed by atoms with E-state index in [2.05, 4.69) is 20.8 Å². The lowest BCUT2D eigenvalue weighted by Gasteiger charge is -2.10. The lowest BCUT2D eigenvalue weighted by molar-refractivity contribution is 0.392. The van der Waals surface area contributed by atoms with Crippen molar-refractivity contribution in [1.29, 1.82) is 0 Å². The third-order valence-corrected chi connectivity index (χ3v) is 2.51. The third kappa shape index (κ3) is 2.69. The van der Waals surface area contributed by atoms with Crippen LogP contribution in [0.1, 0.15) is 30.3 Å². The minimum absolute atomic E-state index is 0.139. The van der Waals surface area contributed by atoms with E-state index < -0.39 is 0 Å². The molecular weight excluding hydrogens is 220 g/mol. The van der Waals surface area contributed by atoms with Crippen LogP contribution in [0.15, 0.2) is 16.5 Å². The van der Waals surface area contributed by atoms with E-state index in [4.69, 9.17) is 10.3 Å². The first-order valence-electron chi connectivity index (χ1n) is 5.50. The fraction of sp³-hybridized carbons (Fsp3) is 0.500. The molecule has 0 radical (unpaired) electrons. The van der Waals surface area contributed by atoms with Crippen LogP contribution >= 0.6 is 0 Å². The lowest BCUT2D eigenvalue weighted by Crippen LogP contribution is -2.29. The molecule has 0 amide bonds. The zero-order chi connectivity index (χ0) is 12.3. The molecule has 2 aromatic heterocycles. The normalized spacial score (nSPS) is 12.9. The van der Waals surface area contributed by atoms with Gasteiger partial charge in [0, 0.05) is 12.8 Å². The predicted molar refractivity (Wildman–Crippen MR) is 60.7 cm³/mol. The predicted octanol–water partition coefficient (Wildman–Crippen LogP) is 0.113. The van der Waals surface area contributed by atoms with Crippen LogP contribution in [-0.2, 0) is 19.9 Å². The maximum atomic E-state index is 5.64. The monoisotopic (exact) mass is 236 g/mol. The highest BCUT2D eigenvalue weighted by molar-refractivity contribution is 5.11. The Labute approximate surface area is 99.0 Å². The van der Waals surface area contributed by atoms with Gasteiger partial charge in [-0.25, -0.2) is 5.43 Å². The Morgan fingerprint density at radius 2 is 2.35 bits per heavy atom. The molecule has 0 saturated carbocycles. The number of nitrogens with two attached hydrogens (primary N) is 1. The number of nitrogens with one attached hydrogen (secondary N) is 1. The Hall–Kier alpha value is -1.73. The second kappa shape index (κ2) is 5.07. The van der Waals surface area contributed by atoms with Crippen molar-refractivity contribution in [1.82, 2.24) is 25.6 Å². The summed E-state index contributed by atoms with van der Waals surface area (Å²) in [5, 5.41) is 11.8. The van der Waals surface area contributed by atoms with Crippen LogP contribution in [0.3, 0.4) is 0 Å². The van der Waals surface area contributed by atoms with Gasteiger partial charge in [0.25, 0.3) is 0 Å². The Morgan fingerprint density at radius 3 is 2.88 bits per heavy atom. The summed E-state index contributed by atoms with van der Waals surface area (Å²) in [6, 6.07) is 3.73. The second-order valence-electron chi connectivity index (χ2n) is 3.78. The van der Waals surface area contributed by atoms with Crippen molar-refractivity contribution in [2.75, 3.05) is 0 Å². The van der Waals surface area contributed by atoms with Gasteiger partial charge in [-0.3, -0.25) is 5.84 Å². The average molecular weight is 236 g/mol. The first-order chi connectivity index (χ1) is 8.22. The summed E-state index contributed by atoms with van der Waals surface area (Å²) in [6.45, 7) is 2.04. The summed E-state index contributed by atoms with van der Waals surface area (Å²) in [7, 11) is 1.73. The number of rotatable bonds is 5. The van der Waals surface area contributed by atoms with E-state index in [-0.39, 0.29) is 6.04 Å². The van der Waals surface area contributed by atoms with Crippen LogP contribution in [0.25, 0.3) is 0 Å². The number of furan rings is 1. The molecule has 7 heteroatoms. The summed E-state index contributed by atoms with van der Waals surface area (Å²) in [5.74, 6) is 7.87. The van der Waals surface area contributed by atoms with Gasteiger partial charge < -0.3 is 4.42 Å². The van der Waals surface area contributed by atoms with Gasteiger partial charge in [-0.15, -0.1) is 10.2 Å². The molecule has 3 N–H and O–H groups in total. The van der Waals surface area contributed by atoms with Crippen molar-refractivity contribution in [2.45, 2.75) is 25.8 Å². The molecule has 92 valence electrons. The van der Waals surface area contributed by atoms with E-state index >= 15 is 0 Å². The molecule has 2 heterocycles. The lowest BCUT2D eigenvalue weighted by atomic mass is 10.1. The van der Waals surface area contributed by atoms with E-state index in [1.165, 1.54) is 4.80 Å². The van der Waals surface area contributed by atoms with Crippen LogP contribution in [-0.4, -0.2) is 20.2 Å². The van der Waals surface area contributed by atoms with E-state index in [1.54, 1.807) is 7.05 Å². The second-order valence-corrected chi connectivity index (χ2v) is 3.78. The molecule has 2 rings (SSSR count). The molecule has 1 atom stereocenters. The number of aromatic nitrogens is 4. The van der Waals surface area contributed by atoms with Gasteiger partial charge in [-0.2, -0.15) is 4.80 Å². The first-order valence-corrected chi connectivity index (χ1v) is 5.50. The van der Waals surface area contributed by atoms with Crippen molar-refractivity contribution < 1.29 is 4.42 Å². The molecule has 0 fully saturated rings. The first kappa shape index (κ1) is 11.7. The average Bonchev–Trinajstić information content (AvgIpc) is 2.94. The number of hydrogen-bond acceptors (Lipinski definition) is 6. The summed E-state index contributed by atoms with van der Waals surface area (Å²) in [5.41, 5.74) is 2.70. The molecule has 1 unspecified atom stereocenters. The SMILES string of the molecule is CCc1ccc(C(Cc2nnn(C)n2)NN)o1. The fourth-order valence-electron chi connectivity index (χ4n) is 1.60. The molecule has 0 bridgehead atoms. The highest BCUT2D eigenvalue weighted by atomic mass is 16.3. The van der Waals surface area contributed by atoms with Crippen molar-refractivity contribution in [3.63, 3.8) is 0 Å². The topological polar surface area (TPSA) is 94.8 Å². The highest BCUT2D eigenvalue weighted by Crippen LogP contribution is 2.19. The minimum atomic E-state index is -0.139. The third-order valence-electron chi connectivity index (χ3n) is 2.51. The molecule has 7 nitrogen and oxygen atoms in total. The van der Waals surface area contributed by atoms with Crippen LogP contribution in [0.2, 0.25) is 0 Å². The summed E-state index contributed by atoms with van der Waals surface area (Å²) >= 11 is 0. The van der Waals surface area contributed by atoms with E-state index in [0.717, 1.165) is 17.9 Å². The van der Waals surface area contributed by atoms with Crippen LogP contribution in [0, 0.1) is 0 Å². The van der Waals surface area contributed by atoms with E-state index in [9.17, 15) is 0 Å². The largest absolute Gasteiger partial charge is 0.464 e. The van der Waals surface area contributed by atoms with Crippen molar-refractivity contribution in [2.24, 2.45) is 12.9 Å². The van der Waals surface area contributed by atoms with Gasteiger partial charge in [0.15, 0.2) is 5.82 Å². The maximum Gasteiger partial charge on any atom is 0.176 e. The molecular formula is C10H16N6O. The Balaban J connectivity index is 2.10. The highest BCUT2D eigenvalue weighted by Gasteiger charge is 2.17.